The molecule has 1 aliphatic carbocycles. The molecule has 0 radical (unpaired) electrons. The van der Waals surface area contributed by atoms with E-state index in [1.165, 1.54) is 26.8 Å². The lowest BCUT2D eigenvalue weighted by Gasteiger charge is -2.35. The van der Waals surface area contributed by atoms with Gasteiger partial charge in [-0.25, -0.2) is 0 Å². The standard InChI is InChI=1S/C25H30N4OS/c1-2-24(30)26-21-16-19-8-7-18(15-20(19)17-21)9-10-28-11-13-29(14-12-28)25-22-5-3-4-6-23(22)31-27-25/h3-8,15,21H,2,9-14,16-17H2,1H3,(H,26,30)/t21-/m0/s1. The highest BCUT2D eigenvalue weighted by molar-refractivity contribution is 7.13. The largest absolute Gasteiger partial charge is 0.353 e. The van der Waals surface area contributed by atoms with Gasteiger partial charge in [0.2, 0.25) is 5.91 Å². The Hall–Kier alpha value is -2.44. The van der Waals surface area contributed by atoms with Crippen molar-refractivity contribution >= 4 is 33.3 Å². The van der Waals surface area contributed by atoms with E-state index in [4.69, 9.17) is 4.37 Å². The maximum Gasteiger partial charge on any atom is 0.219 e. The number of nitrogens with zero attached hydrogens (tertiary/aromatic N) is 3. The van der Waals surface area contributed by atoms with Crippen LogP contribution >= 0.6 is 11.5 Å². The van der Waals surface area contributed by atoms with E-state index in [2.05, 4.69) is 57.6 Å². The number of hydrogen-bond donors (Lipinski definition) is 1. The van der Waals surface area contributed by atoms with Crippen LogP contribution in [0, 0.1) is 0 Å². The van der Waals surface area contributed by atoms with Gasteiger partial charge in [0, 0.05) is 50.6 Å². The third kappa shape index (κ3) is 4.46. The molecule has 1 saturated heterocycles. The zero-order valence-electron chi connectivity index (χ0n) is 18.1. The zero-order chi connectivity index (χ0) is 21.2. The maximum atomic E-state index is 11.7. The van der Waals surface area contributed by atoms with E-state index in [0.717, 1.165) is 57.8 Å². The lowest BCUT2D eigenvalue weighted by atomic mass is 10.0. The van der Waals surface area contributed by atoms with E-state index in [9.17, 15) is 4.79 Å². The predicted molar refractivity (Wildman–Crippen MR) is 128 cm³/mol. The quantitative estimate of drug-likeness (QED) is 0.643. The zero-order valence-corrected chi connectivity index (χ0v) is 19.0. The average Bonchev–Trinajstić information content (AvgIpc) is 3.41. The smallest absolute Gasteiger partial charge is 0.219 e. The van der Waals surface area contributed by atoms with Crippen LogP contribution in [0.3, 0.4) is 0 Å². The summed E-state index contributed by atoms with van der Waals surface area (Å²) in [5.41, 5.74) is 4.22. The van der Waals surface area contributed by atoms with Crippen molar-refractivity contribution in [1.82, 2.24) is 14.6 Å². The van der Waals surface area contributed by atoms with Crippen LogP contribution in [0.4, 0.5) is 5.82 Å². The summed E-state index contributed by atoms with van der Waals surface area (Å²) in [5.74, 6) is 1.31. The predicted octanol–water partition coefficient (Wildman–Crippen LogP) is 3.65. The minimum atomic E-state index is 0.155. The summed E-state index contributed by atoms with van der Waals surface area (Å²) < 4.78 is 5.99. The maximum absolute atomic E-state index is 11.7. The Balaban J connectivity index is 1.13. The molecule has 0 spiro atoms. The van der Waals surface area contributed by atoms with Gasteiger partial charge in [0.05, 0.1) is 4.70 Å². The molecule has 0 saturated carbocycles. The molecule has 2 heterocycles. The number of anilines is 1. The van der Waals surface area contributed by atoms with Crippen molar-refractivity contribution in [2.24, 2.45) is 0 Å². The van der Waals surface area contributed by atoms with E-state index >= 15 is 0 Å². The molecule has 1 fully saturated rings. The Kier molecular flexibility index (Phi) is 5.92. The molecule has 1 aliphatic heterocycles. The van der Waals surface area contributed by atoms with E-state index in [1.807, 2.05) is 6.92 Å². The van der Waals surface area contributed by atoms with Gasteiger partial charge in [-0.3, -0.25) is 9.69 Å². The van der Waals surface area contributed by atoms with Gasteiger partial charge in [0.25, 0.3) is 0 Å². The highest BCUT2D eigenvalue weighted by atomic mass is 32.1. The number of fused-ring (bicyclic) bond motifs is 2. The number of nitrogens with one attached hydrogen (secondary N) is 1. The van der Waals surface area contributed by atoms with E-state index < -0.39 is 0 Å². The molecule has 0 unspecified atom stereocenters. The molecule has 0 bridgehead atoms. The van der Waals surface area contributed by atoms with Gasteiger partial charge in [-0.15, -0.1) is 0 Å². The van der Waals surface area contributed by atoms with Crippen LogP contribution < -0.4 is 10.2 Å². The van der Waals surface area contributed by atoms with Gasteiger partial charge >= 0.3 is 0 Å². The molecular weight excluding hydrogens is 404 g/mol. The van der Waals surface area contributed by atoms with Crippen molar-refractivity contribution in [3.63, 3.8) is 0 Å². The Morgan fingerprint density at radius 2 is 1.90 bits per heavy atom. The van der Waals surface area contributed by atoms with Crippen molar-refractivity contribution < 1.29 is 4.79 Å². The molecular formula is C25H30N4OS. The molecule has 5 nitrogen and oxygen atoms in total. The number of piperazine rings is 1. The Bertz CT molecular complexity index is 1070. The van der Waals surface area contributed by atoms with Crippen molar-refractivity contribution in [2.45, 2.75) is 38.6 Å². The van der Waals surface area contributed by atoms with Crippen LogP contribution in [0.25, 0.3) is 10.1 Å². The first kappa shape index (κ1) is 20.5. The normalized spacial score (nSPS) is 19.0. The number of rotatable bonds is 6. The Labute approximate surface area is 188 Å². The monoisotopic (exact) mass is 434 g/mol. The minimum Gasteiger partial charge on any atom is -0.353 e. The second kappa shape index (κ2) is 8.97. The molecule has 31 heavy (non-hydrogen) atoms. The number of benzene rings is 2. The van der Waals surface area contributed by atoms with Crippen molar-refractivity contribution in [1.29, 1.82) is 0 Å². The molecule has 1 atom stereocenters. The highest BCUT2D eigenvalue weighted by Gasteiger charge is 2.23. The summed E-state index contributed by atoms with van der Waals surface area (Å²) in [6, 6.07) is 15.7. The van der Waals surface area contributed by atoms with Crippen molar-refractivity contribution in [3.8, 4) is 0 Å². The Morgan fingerprint density at radius 3 is 2.74 bits per heavy atom. The number of aromatic nitrogens is 1. The summed E-state index contributed by atoms with van der Waals surface area (Å²) >= 11 is 1.60. The van der Waals surface area contributed by atoms with E-state index in [0.29, 0.717) is 6.42 Å². The number of carbonyl (C=O) groups is 1. The minimum absolute atomic E-state index is 0.155. The fourth-order valence-corrected chi connectivity index (χ4v) is 5.63. The summed E-state index contributed by atoms with van der Waals surface area (Å²) in [6.45, 7) is 7.26. The van der Waals surface area contributed by atoms with Crippen LogP contribution in [0.1, 0.15) is 30.0 Å². The third-order valence-corrected chi connectivity index (χ3v) is 7.45. The van der Waals surface area contributed by atoms with Crippen LogP contribution in [0.15, 0.2) is 42.5 Å². The lowest BCUT2D eigenvalue weighted by molar-refractivity contribution is -0.121. The van der Waals surface area contributed by atoms with Crippen molar-refractivity contribution in [2.75, 3.05) is 37.6 Å². The van der Waals surface area contributed by atoms with E-state index in [-0.39, 0.29) is 11.9 Å². The van der Waals surface area contributed by atoms with Gasteiger partial charge in [-0.1, -0.05) is 37.3 Å². The highest BCUT2D eigenvalue weighted by Crippen LogP contribution is 2.30. The van der Waals surface area contributed by atoms with Gasteiger partial charge in [0.1, 0.15) is 5.82 Å². The SMILES string of the molecule is CCC(=O)N[C@H]1Cc2ccc(CCN3CCN(c4nsc5ccccc45)CC3)cc2C1. The Morgan fingerprint density at radius 1 is 1.10 bits per heavy atom. The fraction of sp³-hybridized carbons (Fsp3) is 0.440. The van der Waals surface area contributed by atoms with Gasteiger partial charge in [0.15, 0.2) is 0 Å². The number of hydrogen-bond acceptors (Lipinski definition) is 5. The fourth-order valence-electron chi connectivity index (χ4n) is 4.83. The van der Waals surface area contributed by atoms with Gasteiger partial charge in [-0.05, 0) is 59.6 Å². The average molecular weight is 435 g/mol. The summed E-state index contributed by atoms with van der Waals surface area (Å²) in [4.78, 5) is 16.7. The van der Waals surface area contributed by atoms with Crippen molar-refractivity contribution in [3.05, 3.63) is 59.2 Å². The molecule has 5 rings (SSSR count). The summed E-state index contributed by atoms with van der Waals surface area (Å²) in [7, 11) is 0. The van der Waals surface area contributed by atoms with Crippen LogP contribution in [0.2, 0.25) is 0 Å². The molecule has 6 heteroatoms. The molecule has 2 aromatic carbocycles. The first-order valence-corrected chi connectivity index (χ1v) is 12.2. The molecule has 1 amide bonds. The number of amides is 1. The van der Waals surface area contributed by atoms with Gasteiger partial charge < -0.3 is 10.2 Å². The first-order chi connectivity index (χ1) is 15.2. The third-order valence-electron chi connectivity index (χ3n) is 6.64. The summed E-state index contributed by atoms with van der Waals surface area (Å²) in [6.07, 6.45) is 3.58. The lowest BCUT2D eigenvalue weighted by Crippen LogP contribution is -2.47. The summed E-state index contributed by atoms with van der Waals surface area (Å²) in [5, 5.41) is 4.43. The van der Waals surface area contributed by atoms with Crippen LogP contribution in [-0.4, -0.2) is 53.9 Å². The molecule has 2 aliphatic rings. The van der Waals surface area contributed by atoms with Crippen LogP contribution in [0.5, 0.6) is 0 Å². The first-order valence-electron chi connectivity index (χ1n) is 11.4. The topological polar surface area (TPSA) is 48.5 Å². The second-order valence-electron chi connectivity index (χ2n) is 8.71. The van der Waals surface area contributed by atoms with Crippen LogP contribution in [-0.2, 0) is 24.1 Å². The van der Waals surface area contributed by atoms with E-state index in [1.54, 1.807) is 11.5 Å². The molecule has 1 N–H and O–H groups in total. The van der Waals surface area contributed by atoms with Gasteiger partial charge in [-0.2, -0.15) is 4.37 Å². The molecule has 1 aromatic heterocycles. The number of carbonyl (C=O) groups excluding carboxylic acids is 1. The molecule has 3 aromatic rings. The second-order valence-corrected chi connectivity index (χ2v) is 9.52. The molecule has 162 valence electrons.